The zero-order valence-corrected chi connectivity index (χ0v) is 24.1. The van der Waals surface area contributed by atoms with Gasteiger partial charge in [0.1, 0.15) is 5.41 Å². The van der Waals surface area contributed by atoms with Gasteiger partial charge in [-0.25, -0.2) is 0 Å². The maximum absolute atomic E-state index is 14.2. The molecule has 0 radical (unpaired) electrons. The average molecular weight is 516 g/mol. The number of aryl methyl sites for hydroxylation is 6. The first-order chi connectivity index (χ1) is 17.4. The minimum absolute atomic E-state index is 0.218. The van der Waals surface area contributed by atoms with Crippen LogP contribution in [0.4, 0.5) is 17.1 Å². The zero-order chi connectivity index (χ0) is 27.2. The lowest BCUT2D eigenvalue weighted by molar-refractivity contribution is -0.141. The quantitative estimate of drug-likeness (QED) is 0.292. The summed E-state index contributed by atoms with van der Waals surface area (Å²) < 4.78 is 0. The van der Waals surface area contributed by atoms with Crippen LogP contribution in [0.25, 0.3) is 0 Å². The summed E-state index contributed by atoms with van der Waals surface area (Å²) >= 11 is 1.67. The zero-order valence-electron chi connectivity index (χ0n) is 23.3. The molecule has 0 aromatic heterocycles. The van der Waals surface area contributed by atoms with Crippen LogP contribution in [-0.2, 0) is 9.59 Å². The second kappa shape index (κ2) is 9.90. The number of rotatable bonds is 5. The fourth-order valence-corrected chi connectivity index (χ4v) is 5.96. The number of nitrogens with zero attached hydrogens (tertiary/aromatic N) is 2. The molecule has 194 valence electrons. The molecule has 3 aromatic carbocycles. The number of benzene rings is 3. The van der Waals surface area contributed by atoms with E-state index >= 15 is 0 Å². The van der Waals surface area contributed by atoms with E-state index in [1.807, 2.05) is 58.2 Å². The van der Waals surface area contributed by atoms with Crippen LogP contribution in [0.2, 0.25) is 0 Å². The molecule has 0 bridgehead atoms. The highest BCUT2D eigenvalue weighted by molar-refractivity contribution is 7.98. The Hall–Kier alpha value is -3.25. The van der Waals surface area contributed by atoms with Crippen LogP contribution in [0.1, 0.15) is 47.2 Å². The SMILES string of the molecule is CSc1ccc(NC2N(c3c(C)cc(C)cc3C)C(=O)C(C)(C)C(=O)N2c2c(C)cc(C)cc2C)cc1. The Balaban J connectivity index is 2.00. The maximum atomic E-state index is 14.2. The van der Waals surface area contributed by atoms with E-state index in [-0.39, 0.29) is 11.8 Å². The molecule has 1 fully saturated rings. The molecule has 2 amide bonds. The minimum Gasteiger partial charge on any atom is -0.347 e. The molecule has 4 rings (SSSR count). The molecule has 0 spiro atoms. The van der Waals surface area contributed by atoms with E-state index in [1.165, 1.54) is 0 Å². The molecule has 0 aliphatic carbocycles. The van der Waals surface area contributed by atoms with Gasteiger partial charge in [0.25, 0.3) is 0 Å². The molecule has 6 heteroatoms. The van der Waals surface area contributed by atoms with Crippen molar-refractivity contribution in [2.24, 2.45) is 5.41 Å². The van der Waals surface area contributed by atoms with Gasteiger partial charge in [0.15, 0.2) is 6.29 Å². The van der Waals surface area contributed by atoms with Gasteiger partial charge in [-0.2, -0.15) is 0 Å². The van der Waals surface area contributed by atoms with E-state index < -0.39 is 11.7 Å². The minimum atomic E-state index is -1.24. The third-order valence-corrected chi connectivity index (χ3v) is 7.88. The van der Waals surface area contributed by atoms with E-state index in [1.54, 1.807) is 35.4 Å². The lowest BCUT2D eigenvalue weighted by Crippen LogP contribution is -2.69. The molecule has 1 aliphatic heterocycles. The summed E-state index contributed by atoms with van der Waals surface area (Å²) in [6.45, 7) is 15.7. The van der Waals surface area contributed by atoms with Crippen LogP contribution in [0.3, 0.4) is 0 Å². The van der Waals surface area contributed by atoms with Crippen LogP contribution >= 0.6 is 11.8 Å². The Labute approximate surface area is 225 Å². The smallest absolute Gasteiger partial charge is 0.245 e. The standard InChI is InChI=1S/C31H37N3O2S/c1-18-14-20(3)26(21(4)15-18)33-28(35)31(7,8)29(36)34(27-22(5)16-19(2)17-23(27)6)30(33)32-24-10-12-25(37-9)13-11-24/h10-17,30,32H,1-9H3. The van der Waals surface area contributed by atoms with Gasteiger partial charge < -0.3 is 5.32 Å². The van der Waals surface area contributed by atoms with Crippen LogP contribution < -0.4 is 15.1 Å². The Kier molecular flexibility index (Phi) is 7.17. The highest BCUT2D eigenvalue weighted by Crippen LogP contribution is 2.42. The molecule has 0 atom stereocenters. The lowest BCUT2D eigenvalue weighted by Gasteiger charge is -2.50. The summed E-state index contributed by atoms with van der Waals surface area (Å²) in [5, 5.41) is 3.57. The number of hydrogen-bond donors (Lipinski definition) is 1. The number of hydrogen-bond acceptors (Lipinski definition) is 4. The molecule has 37 heavy (non-hydrogen) atoms. The molecule has 1 heterocycles. The molecule has 0 unspecified atom stereocenters. The lowest BCUT2D eigenvalue weighted by atomic mass is 9.85. The first-order valence-corrected chi connectivity index (χ1v) is 13.8. The van der Waals surface area contributed by atoms with E-state index in [0.29, 0.717) is 0 Å². The van der Waals surface area contributed by atoms with Crippen molar-refractivity contribution in [2.75, 3.05) is 21.4 Å². The van der Waals surface area contributed by atoms with Gasteiger partial charge in [-0.3, -0.25) is 19.4 Å². The summed E-state index contributed by atoms with van der Waals surface area (Å²) in [5.74, 6) is -0.436. The normalized spacial score (nSPS) is 15.9. The van der Waals surface area contributed by atoms with Crippen molar-refractivity contribution in [1.82, 2.24) is 0 Å². The van der Waals surface area contributed by atoms with Gasteiger partial charge in [-0.15, -0.1) is 11.8 Å². The maximum Gasteiger partial charge on any atom is 0.245 e. The Morgan fingerprint density at radius 1 is 0.703 bits per heavy atom. The van der Waals surface area contributed by atoms with E-state index in [4.69, 9.17) is 0 Å². The van der Waals surface area contributed by atoms with Crippen molar-refractivity contribution in [3.63, 3.8) is 0 Å². The third-order valence-electron chi connectivity index (χ3n) is 7.13. The number of carbonyl (C=O) groups excluding carboxylic acids is 2. The van der Waals surface area contributed by atoms with Crippen molar-refractivity contribution in [3.8, 4) is 0 Å². The van der Waals surface area contributed by atoms with Crippen molar-refractivity contribution < 1.29 is 9.59 Å². The largest absolute Gasteiger partial charge is 0.347 e. The first-order valence-electron chi connectivity index (χ1n) is 12.6. The molecule has 1 saturated heterocycles. The van der Waals surface area contributed by atoms with E-state index in [2.05, 4.69) is 43.4 Å². The molecule has 5 nitrogen and oxygen atoms in total. The third kappa shape index (κ3) is 4.75. The van der Waals surface area contributed by atoms with Crippen LogP contribution in [0.15, 0.2) is 53.4 Å². The van der Waals surface area contributed by atoms with Crippen molar-refractivity contribution >= 4 is 40.6 Å². The van der Waals surface area contributed by atoms with Crippen LogP contribution in [-0.4, -0.2) is 24.4 Å². The Morgan fingerprint density at radius 3 is 1.43 bits per heavy atom. The summed E-state index contributed by atoms with van der Waals surface area (Å²) in [4.78, 5) is 33.1. The second-order valence-corrected chi connectivity index (χ2v) is 11.6. The van der Waals surface area contributed by atoms with E-state index in [0.717, 1.165) is 55.3 Å². The monoisotopic (exact) mass is 515 g/mol. The van der Waals surface area contributed by atoms with Gasteiger partial charge in [0.2, 0.25) is 11.8 Å². The highest BCUT2D eigenvalue weighted by Gasteiger charge is 2.53. The number of nitrogens with one attached hydrogen (secondary N) is 1. The van der Waals surface area contributed by atoms with Gasteiger partial charge in [0, 0.05) is 10.6 Å². The van der Waals surface area contributed by atoms with Crippen molar-refractivity contribution in [1.29, 1.82) is 0 Å². The number of carbonyl (C=O) groups is 2. The summed E-state index contributed by atoms with van der Waals surface area (Å²) in [6.07, 6.45) is 1.30. The predicted octanol–water partition coefficient (Wildman–Crippen LogP) is 7.06. The predicted molar refractivity (Wildman–Crippen MR) is 156 cm³/mol. The van der Waals surface area contributed by atoms with Crippen LogP contribution in [0, 0.1) is 47.0 Å². The van der Waals surface area contributed by atoms with Gasteiger partial charge in [0.05, 0.1) is 11.4 Å². The number of thioether (sulfide) groups is 1. The molecule has 0 saturated carbocycles. The first kappa shape index (κ1) is 26.8. The molecule has 1 aliphatic rings. The number of amides is 2. The van der Waals surface area contributed by atoms with Gasteiger partial charge in [-0.05, 0) is 108 Å². The molecule has 3 aromatic rings. The van der Waals surface area contributed by atoms with Crippen molar-refractivity contribution in [3.05, 3.63) is 81.9 Å². The van der Waals surface area contributed by atoms with E-state index in [9.17, 15) is 9.59 Å². The van der Waals surface area contributed by atoms with Crippen molar-refractivity contribution in [2.45, 2.75) is 66.6 Å². The second-order valence-electron chi connectivity index (χ2n) is 10.7. The fraction of sp³-hybridized carbons (Fsp3) is 0.355. The van der Waals surface area contributed by atoms with Gasteiger partial charge in [-0.1, -0.05) is 35.4 Å². The fourth-order valence-electron chi connectivity index (χ4n) is 5.55. The average Bonchev–Trinajstić information content (AvgIpc) is 2.81. The summed E-state index contributed by atoms with van der Waals surface area (Å²) in [7, 11) is 0. The number of anilines is 3. The molecular weight excluding hydrogens is 478 g/mol. The Morgan fingerprint density at radius 2 is 1.08 bits per heavy atom. The molecular formula is C31H37N3O2S. The Bertz CT molecular complexity index is 1250. The van der Waals surface area contributed by atoms with Crippen LogP contribution in [0.5, 0.6) is 0 Å². The summed E-state index contributed by atoms with van der Waals surface area (Å²) in [6, 6.07) is 16.5. The highest BCUT2D eigenvalue weighted by atomic mass is 32.2. The molecule has 1 N–H and O–H groups in total. The summed E-state index contributed by atoms with van der Waals surface area (Å²) in [5.41, 5.74) is 7.53. The topological polar surface area (TPSA) is 52.7 Å². The van der Waals surface area contributed by atoms with Gasteiger partial charge >= 0.3 is 0 Å².